The van der Waals surface area contributed by atoms with E-state index in [1.165, 1.54) is 5.56 Å². The molecule has 4 heteroatoms. The molecule has 0 aliphatic heterocycles. The van der Waals surface area contributed by atoms with Crippen molar-refractivity contribution < 1.29 is 9.90 Å². The van der Waals surface area contributed by atoms with Gasteiger partial charge >= 0.3 is 5.97 Å². The normalized spacial score (nSPS) is 11.5. The zero-order valence-electron chi connectivity index (χ0n) is 10.3. The first-order valence-corrected chi connectivity index (χ1v) is 6.68. The predicted molar refractivity (Wildman–Crippen MR) is 72.2 cm³/mol. The van der Waals surface area contributed by atoms with Crippen LogP contribution in [-0.4, -0.2) is 22.4 Å². The average molecular weight is 253 g/mol. The molecule has 0 saturated carbocycles. The highest BCUT2D eigenvalue weighted by Gasteiger charge is 2.10. The van der Waals surface area contributed by atoms with Gasteiger partial charge in [0, 0.05) is 17.0 Å². The van der Waals surface area contributed by atoms with E-state index in [1.54, 1.807) is 11.8 Å². The van der Waals surface area contributed by atoms with Gasteiger partial charge in [-0.05, 0) is 25.0 Å². The molecule has 0 bridgehead atoms. The molecule has 0 radical (unpaired) electrons. The van der Waals surface area contributed by atoms with Crippen LogP contribution in [0.5, 0.6) is 0 Å². The largest absolute Gasteiger partial charge is 0.481 e. The van der Waals surface area contributed by atoms with Crippen molar-refractivity contribution in [2.75, 3.05) is 5.75 Å². The van der Waals surface area contributed by atoms with Gasteiger partial charge < -0.3 is 10.8 Å². The number of carboxylic acids is 1. The molecule has 17 heavy (non-hydrogen) atoms. The van der Waals surface area contributed by atoms with Crippen LogP contribution in [0.2, 0.25) is 0 Å². The van der Waals surface area contributed by atoms with Crippen LogP contribution in [0.4, 0.5) is 0 Å². The highest BCUT2D eigenvalue weighted by atomic mass is 32.2. The third-order valence-corrected chi connectivity index (χ3v) is 3.61. The number of thioether (sulfide) groups is 1. The van der Waals surface area contributed by atoms with Crippen molar-refractivity contribution >= 4 is 17.7 Å². The maximum atomic E-state index is 10.5. The molecule has 3 N–H and O–H groups in total. The van der Waals surface area contributed by atoms with Crippen LogP contribution in [0.1, 0.15) is 25.0 Å². The van der Waals surface area contributed by atoms with E-state index in [9.17, 15) is 4.79 Å². The van der Waals surface area contributed by atoms with Gasteiger partial charge in [-0.1, -0.05) is 24.3 Å². The van der Waals surface area contributed by atoms with Gasteiger partial charge in [0.05, 0.1) is 6.42 Å². The molecule has 0 heterocycles. The van der Waals surface area contributed by atoms with Crippen molar-refractivity contribution in [1.29, 1.82) is 0 Å². The Bertz CT molecular complexity index is 368. The lowest BCUT2D eigenvalue weighted by Gasteiger charge is -2.17. The van der Waals surface area contributed by atoms with Crippen molar-refractivity contribution in [3.63, 3.8) is 0 Å². The van der Waals surface area contributed by atoms with Crippen LogP contribution in [-0.2, 0) is 17.0 Å². The monoisotopic (exact) mass is 253 g/mol. The summed E-state index contributed by atoms with van der Waals surface area (Å²) in [6, 6.07) is 7.71. The number of rotatable bonds is 6. The van der Waals surface area contributed by atoms with Crippen LogP contribution < -0.4 is 5.73 Å². The quantitative estimate of drug-likeness (QED) is 0.816. The summed E-state index contributed by atoms with van der Waals surface area (Å²) < 4.78 is 0. The number of carboxylic acid groups (broad SMARTS) is 1. The Labute approximate surface area is 106 Å². The lowest BCUT2D eigenvalue weighted by molar-refractivity contribution is -0.136. The minimum atomic E-state index is -0.794. The second kappa shape index (κ2) is 6.07. The number of hydrogen-bond donors (Lipinski definition) is 2. The summed E-state index contributed by atoms with van der Waals surface area (Å²) in [5.41, 5.74) is 7.79. The molecule has 0 spiro atoms. The molecule has 0 aliphatic carbocycles. The number of nitrogens with two attached hydrogens (primary N) is 1. The van der Waals surface area contributed by atoms with Gasteiger partial charge in [-0.15, -0.1) is 0 Å². The molecule has 0 fully saturated rings. The maximum absolute atomic E-state index is 10.5. The fourth-order valence-corrected chi connectivity index (χ4v) is 2.42. The summed E-state index contributed by atoms with van der Waals surface area (Å²) in [4.78, 5) is 10.5. The van der Waals surface area contributed by atoms with Crippen LogP contribution in [0.15, 0.2) is 24.3 Å². The molecule has 0 atom stereocenters. The lowest BCUT2D eigenvalue weighted by Crippen LogP contribution is -2.34. The number of hydrogen-bond acceptors (Lipinski definition) is 3. The fraction of sp³-hybridized carbons (Fsp3) is 0.462. The first kappa shape index (κ1) is 14.1. The van der Waals surface area contributed by atoms with Gasteiger partial charge in [0.15, 0.2) is 0 Å². The zero-order chi connectivity index (χ0) is 12.9. The fourth-order valence-electron chi connectivity index (χ4n) is 1.36. The molecule has 1 rings (SSSR count). The standard InChI is InChI=1S/C13H19NO2S/c1-13(2,14)9-17-8-11-5-3-10(4-6-11)7-12(15)16/h3-6H,7-9,14H2,1-2H3,(H,15,16). The van der Waals surface area contributed by atoms with Gasteiger partial charge in [-0.2, -0.15) is 11.8 Å². The van der Waals surface area contributed by atoms with E-state index in [2.05, 4.69) is 0 Å². The topological polar surface area (TPSA) is 63.3 Å². The van der Waals surface area contributed by atoms with Crippen LogP contribution in [0.25, 0.3) is 0 Å². The molecule has 3 nitrogen and oxygen atoms in total. The van der Waals surface area contributed by atoms with Gasteiger partial charge in [0.2, 0.25) is 0 Å². The SMILES string of the molecule is CC(C)(N)CSCc1ccc(CC(=O)O)cc1. The highest BCUT2D eigenvalue weighted by molar-refractivity contribution is 7.98. The van der Waals surface area contributed by atoms with Crippen molar-refractivity contribution in [2.45, 2.75) is 31.6 Å². The highest BCUT2D eigenvalue weighted by Crippen LogP contribution is 2.17. The van der Waals surface area contributed by atoms with E-state index >= 15 is 0 Å². The molecule has 1 aromatic carbocycles. The van der Waals surface area contributed by atoms with Gasteiger partial charge in [0.1, 0.15) is 0 Å². The average Bonchev–Trinajstić information content (AvgIpc) is 2.18. The van der Waals surface area contributed by atoms with E-state index in [0.29, 0.717) is 0 Å². The molecule has 0 unspecified atom stereocenters. The Kier molecular flexibility index (Phi) is 5.02. The Morgan fingerprint density at radius 3 is 2.29 bits per heavy atom. The maximum Gasteiger partial charge on any atom is 0.307 e. The van der Waals surface area contributed by atoms with Gasteiger partial charge in [0.25, 0.3) is 0 Å². The minimum Gasteiger partial charge on any atom is -0.481 e. The van der Waals surface area contributed by atoms with E-state index in [0.717, 1.165) is 17.1 Å². The van der Waals surface area contributed by atoms with Crippen LogP contribution in [0.3, 0.4) is 0 Å². The lowest BCUT2D eigenvalue weighted by atomic mass is 10.1. The summed E-state index contributed by atoms with van der Waals surface area (Å²) in [5, 5.41) is 8.65. The summed E-state index contributed by atoms with van der Waals surface area (Å²) >= 11 is 1.79. The molecule has 0 amide bonds. The number of benzene rings is 1. The first-order valence-electron chi connectivity index (χ1n) is 5.53. The van der Waals surface area contributed by atoms with E-state index in [-0.39, 0.29) is 12.0 Å². The summed E-state index contributed by atoms with van der Waals surface area (Å²) in [6.45, 7) is 4.02. The van der Waals surface area contributed by atoms with Gasteiger partial charge in [-0.25, -0.2) is 0 Å². The van der Waals surface area contributed by atoms with Crippen molar-refractivity contribution in [3.8, 4) is 0 Å². The molecular formula is C13H19NO2S. The second-order valence-corrected chi connectivity index (χ2v) is 5.85. The Morgan fingerprint density at radius 1 is 1.29 bits per heavy atom. The van der Waals surface area contributed by atoms with E-state index < -0.39 is 5.97 Å². The molecule has 0 aromatic heterocycles. The van der Waals surface area contributed by atoms with Gasteiger partial charge in [-0.3, -0.25) is 4.79 Å². The van der Waals surface area contributed by atoms with E-state index in [4.69, 9.17) is 10.8 Å². The summed E-state index contributed by atoms with van der Waals surface area (Å²) in [6.07, 6.45) is 0.0866. The predicted octanol–water partition coefficient (Wildman–Crippen LogP) is 2.28. The van der Waals surface area contributed by atoms with E-state index in [1.807, 2.05) is 38.1 Å². The smallest absolute Gasteiger partial charge is 0.307 e. The number of aliphatic carboxylic acids is 1. The molecule has 0 saturated heterocycles. The third-order valence-electron chi connectivity index (χ3n) is 2.12. The van der Waals surface area contributed by atoms with Crippen molar-refractivity contribution in [1.82, 2.24) is 0 Å². The number of carbonyl (C=O) groups is 1. The summed E-state index contributed by atoms with van der Waals surface area (Å²) in [7, 11) is 0. The molecule has 0 aliphatic rings. The first-order chi connectivity index (χ1) is 7.87. The minimum absolute atomic E-state index is 0.0866. The third kappa shape index (κ3) is 6.34. The second-order valence-electron chi connectivity index (χ2n) is 4.87. The molecule has 1 aromatic rings. The van der Waals surface area contributed by atoms with Crippen LogP contribution in [0, 0.1) is 0 Å². The van der Waals surface area contributed by atoms with Crippen molar-refractivity contribution in [3.05, 3.63) is 35.4 Å². The zero-order valence-corrected chi connectivity index (χ0v) is 11.1. The molecular weight excluding hydrogens is 234 g/mol. The Morgan fingerprint density at radius 2 is 1.82 bits per heavy atom. The Balaban J connectivity index is 2.43. The van der Waals surface area contributed by atoms with Crippen LogP contribution >= 0.6 is 11.8 Å². The molecule has 94 valence electrons. The van der Waals surface area contributed by atoms with Crippen molar-refractivity contribution in [2.24, 2.45) is 5.73 Å². The Hall–Kier alpha value is -1.00. The summed E-state index contributed by atoms with van der Waals surface area (Å²) in [5.74, 6) is 1.02.